The molecular weight excluding hydrogens is 514 g/mol. The first kappa shape index (κ1) is 41.9. The van der Waals surface area contributed by atoms with Crippen LogP contribution in [0.5, 0.6) is 0 Å². The van der Waals surface area contributed by atoms with Crippen molar-refractivity contribution in [3.8, 4) is 0 Å². The van der Waals surface area contributed by atoms with Crippen LogP contribution in [0.1, 0.15) is 226 Å². The summed E-state index contributed by atoms with van der Waals surface area (Å²) in [4.78, 5) is 0. The van der Waals surface area contributed by atoms with Gasteiger partial charge in [-0.25, -0.2) is 0 Å². The molecule has 0 aromatic rings. The molecule has 0 saturated carbocycles. The SMILES string of the molecule is CCCCCCCCCCCCCCCCCCOC(C)C(N)OCCCCCCCCCCCCCCCCCC. The third-order valence-electron chi connectivity index (χ3n) is 9.15. The fourth-order valence-electron chi connectivity index (χ4n) is 6.02. The molecule has 254 valence electrons. The number of unbranched alkanes of at least 4 members (excludes halogenated alkanes) is 30. The van der Waals surface area contributed by atoms with Crippen LogP contribution >= 0.6 is 0 Å². The van der Waals surface area contributed by atoms with E-state index in [9.17, 15) is 0 Å². The summed E-state index contributed by atoms with van der Waals surface area (Å²) in [5, 5.41) is 0. The van der Waals surface area contributed by atoms with Gasteiger partial charge in [-0.15, -0.1) is 0 Å². The average Bonchev–Trinajstić information content (AvgIpc) is 3.00. The van der Waals surface area contributed by atoms with Gasteiger partial charge in [0.2, 0.25) is 0 Å². The Labute approximate surface area is 266 Å². The van der Waals surface area contributed by atoms with Gasteiger partial charge in [0.15, 0.2) is 0 Å². The largest absolute Gasteiger partial charge is 0.374 e. The lowest BCUT2D eigenvalue weighted by atomic mass is 10.0. The minimum atomic E-state index is -0.289. The van der Waals surface area contributed by atoms with Gasteiger partial charge in [0.05, 0.1) is 6.10 Å². The maximum absolute atomic E-state index is 6.21. The summed E-state index contributed by atoms with van der Waals surface area (Å²) in [6.45, 7) is 8.24. The molecule has 0 aliphatic carbocycles. The summed E-state index contributed by atoms with van der Waals surface area (Å²) in [6.07, 6.45) is 44.4. The first-order valence-electron chi connectivity index (χ1n) is 19.7. The maximum Gasteiger partial charge on any atom is 0.131 e. The third-order valence-corrected chi connectivity index (χ3v) is 9.15. The highest BCUT2D eigenvalue weighted by Crippen LogP contribution is 2.15. The fraction of sp³-hybridized carbons (Fsp3) is 1.00. The van der Waals surface area contributed by atoms with Crippen LogP contribution in [0.4, 0.5) is 0 Å². The molecule has 3 nitrogen and oxygen atoms in total. The third kappa shape index (κ3) is 34.4. The quantitative estimate of drug-likeness (QED) is 0.0574. The zero-order valence-electron chi connectivity index (χ0n) is 29.6. The smallest absolute Gasteiger partial charge is 0.131 e. The molecule has 0 aliphatic heterocycles. The molecular formula is C39H81NO2. The molecule has 0 aromatic heterocycles. The van der Waals surface area contributed by atoms with Crippen LogP contribution in [0.2, 0.25) is 0 Å². The minimum Gasteiger partial charge on any atom is -0.374 e. The standard InChI is InChI=1S/C39H81NO2/c1-4-6-8-10-12-14-16-18-20-22-24-26-28-30-32-34-36-41-38(3)39(40)42-37-35-33-31-29-27-25-23-21-19-17-15-13-11-9-7-5-2/h38-39H,4-37,40H2,1-3H3. The van der Waals surface area contributed by atoms with Crippen LogP contribution in [0.3, 0.4) is 0 Å². The van der Waals surface area contributed by atoms with Crippen molar-refractivity contribution < 1.29 is 9.47 Å². The Morgan fingerprint density at radius 2 is 0.548 bits per heavy atom. The number of nitrogens with two attached hydrogens (primary N) is 1. The Bertz CT molecular complexity index is 429. The van der Waals surface area contributed by atoms with Gasteiger partial charge in [-0.1, -0.05) is 206 Å². The Morgan fingerprint density at radius 1 is 0.333 bits per heavy atom. The van der Waals surface area contributed by atoms with E-state index in [1.165, 1.54) is 193 Å². The summed E-state index contributed by atoms with van der Waals surface area (Å²) in [6, 6.07) is 0. The van der Waals surface area contributed by atoms with E-state index >= 15 is 0 Å². The first-order valence-corrected chi connectivity index (χ1v) is 19.7. The van der Waals surface area contributed by atoms with E-state index in [1.54, 1.807) is 0 Å². The van der Waals surface area contributed by atoms with Crippen LogP contribution in [-0.2, 0) is 9.47 Å². The lowest BCUT2D eigenvalue weighted by Gasteiger charge is -2.21. The van der Waals surface area contributed by atoms with Crippen LogP contribution < -0.4 is 5.73 Å². The van der Waals surface area contributed by atoms with Crippen LogP contribution in [0, 0.1) is 0 Å². The molecule has 0 fully saturated rings. The molecule has 0 heterocycles. The highest BCUT2D eigenvalue weighted by molar-refractivity contribution is 4.59. The van der Waals surface area contributed by atoms with E-state index in [1.807, 2.05) is 0 Å². The highest BCUT2D eigenvalue weighted by atomic mass is 16.5. The summed E-state index contributed by atoms with van der Waals surface area (Å²) in [5.74, 6) is 0. The zero-order valence-corrected chi connectivity index (χ0v) is 29.6. The fourth-order valence-corrected chi connectivity index (χ4v) is 6.02. The van der Waals surface area contributed by atoms with Gasteiger partial charge in [-0.2, -0.15) is 0 Å². The van der Waals surface area contributed by atoms with Crippen LogP contribution in [0.15, 0.2) is 0 Å². The Kier molecular flexibility index (Phi) is 37.0. The second kappa shape index (κ2) is 37.1. The van der Waals surface area contributed by atoms with Gasteiger partial charge in [0.25, 0.3) is 0 Å². The Hall–Kier alpha value is -0.120. The molecule has 2 atom stereocenters. The van der Waals surface area contributed by atoms with E-state index in [4.69, 9.17) is 15.2 Å². The van der Waals surface area contributed by atoms with Crippen molar-refractivity contribution >= 4 is 0 Å². The van der Waals surface area contributed by atoms with Gasteiger partial charge in [0, 0.05) is 13.2 Å². The predicted octanol–water partition coefficient (Wildman–Crippen LogP) is 13.2. The van der Waals surface area contributed by atoms with Gasteiger partial charge >= 0.3 is 0 Å². The van der Waals surface area contributed by atoms with Crippen molar-refractivity contribution in [2.45, 2.75) is 239 Å². The molecule has 3 heteroatoms. The predicted molar refractivity (Wildman–Crippen MR) is 188 cm³/mol. The lowest BCUT2D eigenvalue weighted by molar-refractivity contribution is -0.0635. The monoisotopic (exact) mass is 596 g/mol. The van der Waals surface area contributed by atoms with Crippen molar-refractivity contribution in [2.24, 2.45) is 5.73 Å². The first-order chi connectivity index (χ1) is 20.7. The molecule has 0 bridgehead atoms. The number of hydrogen-bond acceptors (Lipinski definition) is 3. The zero-order chi connectivity index (χ0) is 30.6. The Balaban J connectivity index is 3.25. The average molecular weight is 596 g/mol. The van der Waals surface area contributed by atoms with Crippen LogP contribution in [-0.4, -0.2) is 25.5 Å². The van der Waals surface area contributed by atoms with E-state index in [-0.39, 0.29) is 12.3 Å². The molecule has 2 N–H and O–H groups in total. The molecule has 0 aromatic carbocycles. The molecule has 0 rings (SSSR count). The summed E-state index contributed by atoms with van der Waals surface area (Å²) >= 11 is 0. The van der Waals surface area contributed by atoms with Gasteiger partial charge < -0.3 is 15.2 Å². The normalized spacial score (nSPS) is 13.1. The van der Waals surface area contributed by atoms with Crippen molar-refractivity contribution in [1.29, 1.82) is 0 Å². The second-order valence-corrected chi connectivity index (χ2v) is 13.5. The van der Waals surface area contributed by atoms with Crippen molar-refractivity contribution in [2.75, 3.05) is 13.2 Å². The second-order valence-electron chi connectivity index (χ2n) is 13.5. The molecule has 0 radical (unpaired) electrons. The van der Waals surface area contributed by atoms with Crippen molar-refractivity contribution in [3.05, 3.63) is 0 Å². The molecule has 42 heavy (non-hydrogen) atoms. The van der Waals surface area contributed by atoms with Gasteiger partial charge in [-0.3, -0.25) is 0 Å². The summed E-state index contributed by atoms with van der Waals surface area (Å²) in [5.41, 5.74) is 6.21. The van der Waals surface area contributed by atoms with E-state index < -0.39 is 0 Å². The van der Waals surface area contributed by atoms with Gasteiger partial charge in [0.1, 0.15) is 6.23 Å². The molecule has 0 amide bonds. The van der Waals surface area contributed by atoms with Crippen molar-refractivity contribution in [3.63, 3.8) is 0 Å². The topological polar surface area (TPSA) is 44.5 Å². The minimum absolute atomic E-state index is 0.0117. The van der Waals surface area contributed by atoms with Gasteiger partial charge in [-0.05, 0) is 19.8 Å². The summed E-state index contributed by atoms with van der Waals surface area (Å²) < 4.78 is 11.8. The summed E-state index contributed by atoms with van der Waals surface area (Å²) in [7, 11) is 0. The molecule has 0 aliphatic rings. The van der Waals surface area contributed by atoms with E-state index in [0.717, 1.165) is 26.1 Å². The number of ether oxygens (including phenoxy) is 2. The molecule has 2 unspecified atom stereocenters. The van der Waals surface area contributed by atoms with Crippen LogP contribution in [0.25, 0.3) is 0 Å². The lowest BCUT2D eigenvalue weighted by Crippen LogP contribution is -2.37. The number of rotatable bonds is 37. The molecule has 0 spiro atoms. The highest BCUT2D eigenvalue weighted by Gasteiger charge is 2.13. The maximum atomic E-state index is 6.21. The van der Waals surface area contributed by atoms with E-state index in [0.29, 0.717) is 0 Å². The Morgan fingerprint density at radius 3 is 0.810 bits per heavy atom. The number of hydrogen-bond donors (Lipinski definition) is 1. The van der Waals surface area contributed by atoms with Crippen molar-refractivity contribution in [1.82, 2.24) is 0 Å². The van der Waals surface area contributed by atoms with E-state index in [2.05, 4.69) is 20.8 Å². The molecule has 0 saturated heterocycles.